The molecule has 0 radical (unpaired) electrons. The highest BCUT2D eigenvalue weighted by Crippen LogP contribution is 2.31. The van der Waals surface area contributed by atoms with Crippen LogP contribution in [0.1, 0.15) is 33.3 Å². The molecule has 3 heteroatoms. The Hall–Kier alpha value is -1.74. The van der Waals surface area contributed by atoms with Gasteiger partial charge in [-0.3, -0.25) is 9.78 Å². The molecule has 1 aromatic carbocycles. The number of pyridine rings is 1. The minimum Gasteiger partial charge on any atom is -0.325 e. The van der Waals surface area contributed by atoms with Gasteiger partial charge in [0.15, 0.2) is 0 Å². The molecular weight excluding hydrogens is 248 g/mol. The molecule has 0 saturated heterocycles. The van der Waals surface area contributed by atoms with E-state index in [0.29, 0.717) is 6.42 Å². The monoisotopic (exact) mass is 270 g/mol. The fourth-order valence-corrected chi connectivity index (χ4v) is 2.06. The number of ketones is 1. The molecule has 2 aromatic rings. The molecular formula is C17H22N2O. The molecule has 0 aliphatic rings. The Morgan fingerprint density at radius 3 is 2.45 bits per heavy atom. The molecule has 0 spiro atoms. The number of benzene rings is 1. The van der Waals surface area contributed by atoms with Gasteiger partial charge in [-0.15, -0.1) is 0 Å². The highest BCUT2D eigenvalue weighted by atomic mass is 16.1. The van der Waals surface area contributed by atoms with E-state index in [4.69, 9.17) is 5.73 Å². The molecule has 0 saturated carbocycles. The largest absolute Gasteiger partial charge is 0.325 e. The minimum atomic E-state index is -0.572. The van der Waals surface area contributed by atoms with Crippen molar-refractivity contribution in [2.45, 2.75) is 39.7 Å². The number of nitrogens with zero attached hydrogens (tertiary/aromatic N) is 1. The summed E-state index contributed by atoms with van der Waals surface area (Å²) >= 11 is 0. The zero-order valence-electron chi connectivity index (χ0n) is 12.6. The van der Waals surface area contributed by atoms with Crippen LogP contribution in [0.2, 0.25) is 0 Å². The first kappa shape index (κ1) is 14.7. The molecule has 20 heavy (non-hydrogen) atoms. The summed E-state index contributed by atoms with van der Waals surface area (Å²) in [5, 5.41) is 1.04. The van der Waals surface area contributed by atoms with Crippen molar-refractivity contribution < 1.29 is 4.79 Å². The third-order valence-corrected chi connectivity index (χ3v) is 4.40. The van der Waals surface area contributed by atoms with E-state index in [1.54, 1.807) is 6.20 Å². The van der Waals surface area contributed by atoms with Crippen molar-refractivity contribution in [2.75, 3.05) is 0 Å². The van der Waals surface area contributed by atoms with Gasteiger partial charge in [0, 0.05) is 29.0 Å². The van der Waals surface area contributed by atoms with Gasteiger partial charge in [-0.25, -0.2) is 0 Å². The van der Waals surface area contributed by atoms with Crippen LogP contribution in [0, 0.1) is 5.41 Å². The van der Waals surface area contributed by atoms with Crippen LogP contribution in [-0.4, -0.2) is 16.3 Å². The van der Waals surface area contributed by atoms with Crippen molar-refractivity contribution in [3.63, 3.8) is 0 Å². The van der Waals surface area contributed by atoms with Gasteiger partial charge >= 0.3 is 0 Å². The Morgan fingerprint density at radius 1 is 1.15 bits per heavy atom. The van der Waals surface area contributed by atoms with Crippen LogP contribution in [0.4, 0.5) is 0 Å². The summed E-state index contributed by atoms with van der Waals surface area (Å²) in [5.74, 6) is 0.154. The van der Waals surface area contributed by atoms with E-state index in [-0.39, 0.29) is 5.78 Å². The number of Topliss-reactive ketones (excluding diaryl/α,β-unsaturated/α-hetero) is 1. The van der Waals surface area contributed by atoms with Crippen LogP contribution in [0.3, 0.4) is 0 Å². The Kier molecular flexibility index (Phi) is 3.65. The van der Waals surface area contributed by atoms with Crippen molar-refractivity contribution in [1.82, 2.24) is 4.98 Å². The summed E-state index contributed by atoms with van der Waals surface area (Å²) in [4.78, 5) is 16.9. The van der Waals surface area contributed by atoms with Gasteiger partial charge in [-0.05, 0) is 31.5 Å². The zero-order chi connectivity index (χ0) is 15.0. The van der Waals surface area contributed by atoms with E-state index in [9.17, 15) is 4.79 Å². The summed E-state index contributed by atoms with van der Waals surface area (Å²) in [5.41, 5.74) is 6.96. The Balaban J connectivity index is 2.36. The average Bonchev–Trinajstić information content (AvgIpc) is 2.37. The van der Waals surface area contributed by atoms with Crippen molar-refractivity contribution in [3.8, 4) is 0 Å². The lowest BCUT2D eigenvalue weighted by atomic mass is 9.70. The van der Waals surface area contributed by atoms with Crippen LogP contribution in [-0.2, 0) is 11.2 Å². The maximum Gasteiger partial charge on any atom is 0.144 e. The zero-order valence-corrected chi connectivity index (χ0v) is 12.6. The van der Waals surface area contributed by atoms with E-state index in [0.717, 1.165) is 16.5 Å². The van der Waals surface area contributed by atoms with Crippen molar-refractivity contribution >= 4 is 16.7 Å². The van der Waals surface area contributed by atoms with Gasteiger partial charge in [0.05, 0.1) is 5.52 Å². The molecule has 0 bridgehead atoms. The number of carbonyl (C=O) groups excluding carboxylic acids is 1. The number of hydrogen-bond donors (Lipinski definition) is 1. The van der Waals surface area contributed by atoms with E-state index in [1.165, 1.54) is 0 Å². The number of fused-ring (bicyclic) bond motifs is 1. The van der Waals surface area contributed by atoms with Gasteiger partial charge in [0.25, 0.3) is 0 Å². The SMILES string of the molecule is CC(C)(N)C(C)(C)C(=O)Cc1ccnc2ccccc12. The van der Waals surface area contributed by atoms with E-state index >= 15 is 0 Å². The third kappa shape index (κ3) is 2.59. The number of carbonyl (C=O) groups is 1. The molecule has 2 rings (SSSR count). The van der Waals surface area contributed by atoms with Crippen molar-refractivity contribution in [3.05, 3.63) is 42.1 Å². The first-order valence-corrected chi connectivity index (χ1v) is 6.88. The molecule has 0 atom stereocenters. The summed E-state index contributed by atoms with van der Waals surface area (Å²) in [6.45, 7) is 7.63. The van der Waals surface area contributed by atoms with Gasteiger partial charge < -0.3 is 5.73 Å². The molecule has 0 aliphatic heterocycles. The van der Waals surface area contributed by atoms with E-state index in [2.05, 4.69) is 4.98 Å². The minimum absolute atomic E-state index is 0.154. The molecule has 0 amide bonds. The normalized spacial score (nSPS) is 12.7. The van der Waals surface area contributed by atoms with Crippen LogP contribution in [0.5, 0.6) is 0 Å². The quantitative estimate of drug-likeness (QED) is 0.928. The number of para-hydroxylation sites is 1. The van der Waals surface area contributed by atoms with Gasteiger partial charge in [0.1, 0.15) is 5.78 Å². The number of rotatable bonds is 4. The molecule has 106 valence electrons. The smallest absolute Gasteiger partial charge is 0.144 e. The molecule has 0 aliphatic carbocycles. The summed E-state index contributed by atoms with van der Waals surface area (Å²) < 4.78 is 0. The standard InChI is InChI=1S/C17H22N2O/c1-16(2,17(3,4)18)15(20)11-12-9-10-19-14-8-6-5-7-13(12)14/h5-10H,11,18H2,1-4H3. The highest BCUT2D eigenvalue weighted by molar-refractivity contribution is 5.92. The van der Waals surface area contributed by atoms with Crippen LogP contribution >= 0.6 is 0 Å². The topological polar surface area (TPSA) is 56.0 Å². The lowest BCUT2D eigenvalue weighted by Crippen LogP contribution is -2.52. The average molecular weight is 270 g/mol. The second-order valence-corrected chi connectivity index (χ2v) is 6.43. The Labute approximate surface area is 120 Å². The number of nitrogens with two attached hydrogens (primary N) is 1. The summed E-state index contributed by atoms with van der Waals surface area (Å²) in [6, 6.07) is 9.80. The third-order valence-electron chi connectivity index (χ3n) is 4.40. The van der Waals surface area contributed by atoms with Crippen LogP contribution < -0.4 is 5.73 Å². The van der Waals surface area contributed by atoms with Gasteiger partial charge in [-0.1, -0.05) is 32.0 Å². The second-order valence-electron chi connectivity index (χ2n) is 6.43. The molecule has 1 heterocycles. The van der Waals surface area contributed by atoms with Crippen LogP contribution in [0.25, 0.3) is 10.9 Å². The van der Waals surface area contributed by atoms with Crippen molar-refractivity contribution in [2.24, 2.45) is 11.1 Å². The fraction of sp³-hybridized carbons (Fsp3) is 0.412. The number of aromatic nitrogens is 1. The van der Waals surface area contributed by atoms with E-state index in [1.807, 2.05) is 58.0 Å². The first-order valence-electron chi connectivity index (χ1n) is 6.88. The molecule has 3 nitrogen and oxygen atoms in total. The predicted molar refractivity (Wildman–Crippen MR) is 82.5 cm³/mol. The maximum atomic E-state index is 12.6. The summed E-state index contributed by atoms with van der Waals surface area (Å²) in [7, 11) is 0. The van der Waals surface area contributed by atoms with Crippen molar-refractivity contribution in [1.29, 1.82) is 0 Å². The lowest BCUT2D eigenvalue weighted by molar-refractivity contribution is -0.129. The molecule has 1 aromatic heterocycles. The number of hydrogen-bond acceptors (Lipinski definition) is 3. The lowest BCUT2D eigenvalue weighted by Gasteiger charge is -2.37. The molecule has 2 N–H and O–H groups in total. The maximum absolute atomic E-state index is 12.6. The van der Waals surface area contributed by atoms with E-state index < -0.39 is 11.0 Å². The molecule has 0 fully saturated rings. The van der Waals surface area contributed by atoms with Gasteiger partial charge in [0.2, 0.25) is 0 Å². The Morgan fingerprint density at radius 2 is 1.80 bits per heavy atom. The van der Waals surface area contributed by atoms with Crippen LogP contribution in [0.15, 0.2) is 36.5 Å². The fourth-order valence-electron chi connectivity index (χ4n) is 2.06. The first-order chi connectivity index (χ1) is 9.23. The van der Waals surface area contributed by atoms with Gasteiger partial charge in [-0.2, -0.15) is 0 Å². The summed E-state index contributed by atoms with van der Waals surface area (Å²) in [6.07, 6.45) is 2.14. The molecule has 0 unspecified atom stereocenters. The Bertz CT molecular complexity index is 633. The highest BCUT2D eigenvalue weighted by Gasteiger charge is 2.39. The predicted octanol–water partition coefficient (Wildman–Crippen LogP) is 3.11. The second kappa shape index (κ2) is 4.98.